The van der Waals surface area contributed by atoms with Gasteiger partial charge in [0.15, 0.2) is 0 Å². The first-order valence-electron chi connectivity index (χ1n) is 6.39. The Morgan fingerprint density at radius 3 is 2.05 bits per heavy atom. The summed E-state index contributed by atoms with van der Waals surface area (Å²) in [7, 11) is 0. The Bertz CT molecular complexity index is 563. The second-order valence-electron chi connectivity index (χ2n) is 5.86. The molecule has 0 atom stereocenters. The van der Waals surface area contributed by atoms with E-state index in [1.54, 1.807) is 6.07 Å². The maximum atomic E-state index is 6.20. The third-order valence-corrected chi connectivity index (χ3v) is 3.82. The highest BCUT2D eigenvalue weighted by atomic mass is 35.5. The van der Waals surface area contributed by atoms with E-state index in [-0.39, 0.29) is 5.41 Å². The van der Waals surface area contributed by atoms with Crippen LogP contribution in [-0.4, -0.2) is 0 Å². The molecule has 0 radical (unpaired) electrons. The van der Waals surface area contributed by atoms with Gasteiger partial charge in [-0.15, -0.1) is 0 Å². The first-order chi connectivity index (χ1) is 8.86. The lowest BCUT2D eigenvalue weighted by molar-refractivity contribution is 0.590. The normalized spacial score (nSPS) is 11.6. The van der Waals surface area contributed by atoms with Gasteiger partial charge < -0.3 is 0 Å². The molecule has 19 heavy (non-hydrogen) atoms. The summed E-state index contributed by atoms with van der Waals surface area (Å²) in [6.45, 7) is 6.66. The molecule has 0 aromatic heterocycles. The van der Waals surface area contributed by atoms with Gasteiger partial charge in [0.05, 0.1) is 0 Å². The smallest absolute Gasteiger partial charge is 0.0456 e. The van der Waals surface area contributed by atoms with Gasteiger partial charge in [0.25, 0.3) is 0 Å². The Morgan fingerprint density at radius 1 is 0.895 bits per heavy atom. The van der Waals surface area contributed by atoms with Crippen molar-refractivity contribution >= 4 is 23.2 Å². The molecule has 0 amide bonds. The summed E-state index contributed by atoms with van der Waals surface area (Å²) < 4.78 is 0. The van der Waals surface area contributed by atoms with Gasteiger partial charge in [-0.1, -0.05) is 74.3 Å². The SMILES string of the molecule is CC(C)(C)c1ccc(Cc2ccc(Cl)cc2Cl)cc1. The minimum Gasteiger partial charge on any atom is -0.0843 e. The lowest BCUT2D eigenvalue weighted by atomic mass is 9.86. The van der Waals surface area contributed by atoms with Crippen molar-refractivity contribution in [1.29, 1.82) is 0 Å². The molecule has 100 valence electrons. The van der Waals surface area contributed by atoms with Gasteiger partial charge in [-0.2, -0.15) is 0 Å². The van der Waals surface area contributed by atoms with E-state index in [0.29, 0.717) is 5.02 Å². The standard InChI is InChI=1S/C17H18Cl2/c1-17(2,3)14-7-4-12(5-8-14)10-13-6-9-15(18)11-16(13)19/h4-9,11H,10H2,1-3H3. The zero-order chi connectivity index (χ0) is 14.0. The van der Waals surface area contributed by atoms with Crippen molar-refractivity contribution in [2.24, 2.45) is 0 Å². The third-order valence-electron chi connectivity index (χ3n) is 3.23. The molecule has 2 aromatic carbocycles. The van der Waals surface area contributed by atoms with E-state index in [2.05, 4.69) is 45.0 Å². The van der Waals surface area contributed by atoms with E-state index < -0.39 is 0 Å². The summed E-state index contributed by atoms with van der Waals surface area (Å²) in [5.41, 5.74) is 3.90. The molecule has 2 heteroatoms. The average Bonchev–Trinajstić information content (AvgIpc) is 2.32. The van der Waals surface area contributed by atoms with E-state index in [9.17, 15) is 0 Å². The van der Waals surface area contributed by atoms with Crippen LogP contribution in [0.15, 0.2) is 42.5 Å². The second kappa shape index (κ2) is 5.56. The molecular weight excluding hydrogens is 275 g/mol. The molecule has 0 nitrogen and oxygen atoms in total. The van der Waals surface area contributed by atoms with Crippen LogP contribution in [0.25, 0.3) is 0 Å². The minimum absolute atomic E-state index is 0.191. The molecule has 0 unspecified atom stereocenters. The zero-order valence-electron chi connectivity index (χ0n) is 11.5. The van der Waals surface area contributed by atoms with Gasteiger partial charge in [0, 0.05) is 10.0 Å². The van der Waals surface area contributed by atoms with Crippen molar-refractivity contribution in [3.63, 3.8) is 0 Å². The topological polar surface area (TPSA) is 0 Å². The Hall–Kier alpha value is -0.980. The van der Waals surface area contributed by atoms with Crippen LogP contribution < -0.4 is 0 Å². The predicted molar refractivity (Wildman–Crippen MR) is 84.4 cm³/mol. The fraction of sp³-hybridized carbons (Fsp3) is 0.294. The van der Waals surface area contributed by atoms with Gasteiger partial charge >= 0.3 is 0 Å². The van der Waals surface area contributed by atoms with Gasteiger partial charge in [-0.25, -0.2) is 0 Å². The number of benzene rings is 2. The number of hydrogen-bond acceptors (Lipinski definition) is 0. The quantitative estimate of drug-likeness (QED) is 0.648. The lowest BCUT2D eigenvalue weighted by Gasteiger charge is -2.19. The molecule has 2 rings (SSSR count). The van der Waals surface area contributed by atoms with Crippen molar-refractivity contribution in [1.82, 2.24) is 0 Å². The van der Waals surface area contributed by atoms with E-state index >= 15 is 0 Å². The van der Waals surface area contributed by atoms with Gasteiger partial charge in [-0.3, -0.25) is 0 Å². The molecule has 0 spiro atoms. The molecule has 0 saturated heterocycles. The van der Waals surface area contributed by atoms with E-state index in [1.165, 1.54) is 11.1 Å². The summed E-state index contributed by atoms with van der Waals surface area (Å²) >= 11 is 12.1. The van der Waals surface area contributed by atoms with Crippen LogP contribution in [0.2, 0.25) is 10.0 Å². The lowest BCUT2D eigenvalue weighted by Crippen LogP contribution is -2.10. The van der Waals surface area contributed by atoms with E-state index in [0.717, 1.165) is 17.0 Å². The largest absolute Gasteiger partial charge is 0.0843 e. The summed E-state index contributed by atoms with van der Waals surface area (Å²) in [5, 5.41) is 1.41. The summed E-state index contributed by atoms with van der Waals surface area (Å²) in [4.78, 5) is 0. The molecule has 0 bridgehead atoms. The fourth-order valence-electron chi connectivity index (χ4n) is 2.01. The molecule has 2 aromatic rings. The predicted octanol–water partition coefficient (Wildman–Crippen LogP) is 5.88. The van der Waals surface area contributed by atoms with Crippen LogP contribution in [0.5, 0.6) is 0 Å². The molecule has 0 saturated carbocycles. The van der Waals surface area contributed by atoms with Crippen LogP contribution in [-0.2, 0) is 11.8 Å². The minimum atomic E-state index is 0.191. The van der Waals surface area contributed by atoms with Crippen molar-refractivity contribution in [2.45, 2.75) is 32.6 Å². The van der Waals surface area contributed by atoms with Gasteiger partial charge in [0.2, 0.25) is 0 Å². The highest BCUT2D eigenvalue weighted by Gasteiger charge is 2.13. The number of hydrogen-bond donors (Lipinski definition) is 0. The summed E-state index contributed by atoms with van der Waals surface area (Å²) in [5.74, 6) is 0. The summed E-state index contributed by atoms with van der Waals surface area (Å²) in [6, 6.07) is 14.4. The molecular formula is C17H18Cl2. The second-order valence-corrected chi connectivity index (χ2v) is 6.70. The Balaban J connectivity index is 2.20. The Morgan fingerprint density at radius 2 is 1.53 bits per heavy atom. The monoisotopic (exact) mass is 292 g/mol. The molecule has 0 N–H and O–H groups in total. The first kappa shape index (κ1) is 14.4. The maximum absolute atomic E-state index is 6.20. The molecule has 0 heterocycles. The van der Waals surface area contributed by atoms with Crippen molar-refractivity contribution in [2.75, 3.05) is 0 Å². The Labute approximate surface area is 125 Å². The van der Waals surface area contributed by atoms with Crippen LogP contribution >= 0.6 is 23.2 Å². The highest BCUT2D eigenvalue weighted by molar-refractivity contribution is 6.35. The number of rotatable bonds is 2. The number of halogens is 2. The van der Waals surface area contributed by atoms with E-state index in [1.807, 2.05) is 12.1 Å². The highest BCUT2D eigenvalue weighted by Crippen LogP contribution is 2.25. The third kappa shape index (κ3) is 3.75. The van der Waals surface area contributed by atoms with Crippen LogP contribution in [0.3, 0.4) is 0 Å². The van der Waals surface area contributed by atoms with Crippen molar-refractivity contribution in [3.05, 3.63) is 69.2 Å². The van der Waals surface area contributed by atoms with E-state index in [4.69, 9.17) is 23.2 Å². The van der Waals surface area contributed by atoms with Gasteiger partial charge in [0.1, 0.15) is 0 Å². The van der Waals surface area contributed by atoms with Crippen LogP contribution in [0.1, 0.15) is 37.5 Å². The first-order valence-corrected chi connectivity index (χ1v) is 7.15. The molecule has 0 aliphatic carbocycles. The van der Waals surface area contributed by atoms with Crippen molar-refractivity contribution in [3.8, 4) is 0 Å². The zero-order valence-corrected chi connectivity index (χ0v) is 13.0. The summed E-state index contributed by atoms with van der Waals surface area (Å²) in [6.07, 6.45) is 0.834. The van der Waals surface area contributed by atoms with Crippen LogP contribution in [0.4, 0.5) is 0 Å². The average molecular weight is 293 g/mol. The van der Waals surface area contributed by atoms with Gasteiger partial charge in [-0.05, 0) is 40.7 Å². The molecule has 0 aliphatic heterocycles. The van der Waals surface area contributed by atoms with Crippen molar-refractivity contribution < 1.29 is 0 Å². The van der Waals surface area contributed by atoms with Crippen LogP contribution in [0, 0.1) is 0 Å². The maximum Gasteiger partial charge on any atom is 0.0456 e. The fourth-order valence-corrected chi connectivity index (χ4v) is 2.48. The molecule has 0 aliphatic rings. The molecule has 0 fully saturated rings. The Kier molecular flexibility index (Phi) is 4.23.